The third-order valence-corrected chi connectivity index (χ3v) is 4.32. The summed E-state index contributed by atoms with van der Waals surface area (Å²) < 4.78 is 5.30. The molecule has 0 bridgehead atoms. The van der Waals surface area contributed by atoms with Gasteiger partial charge in [0.25, 0.3) is 0 Å². The van der Waals surface area contributed by atoms with E-state index < -0.39 is 55.0 Å². The Labute approximate surface area is 161 Å². The lowest BCUT2D eigenvalue weighted by molar-refractivity contribution is -0.214. The molecule has 0 aliphatic carbocycles. The molecule has 1 aliphatic heterocycles. The highest BCUT2D eigenvalue weighted by molar-refractivity contribution is 5.82. The van der Waals surface area contributed by atoms with Crippen LogP contribution in [0.25, 0.3) is 0 Å². The van der Waals surface area contributed by atoms with Gasteiger partial charge in [-0.1, -0.05) is 24.0 Å². The predicted molar refractivity (Wildman–Crippen MR) is 96.0 cm³/mol. The Kier molecular flexibility index (Phi) is 7.51. The second-order valence-corrected chi connectivity index (χ2v) is 6.51. The van der Waals surface area contributed by atoms with Crippen molar-refractivity contribution in [2.45, 2.75) is 49.9 Å². The van der Waals surface area contributed by atoms with Gasteiger partial charge in [-0.05, 0) is 17.7 Å². The molecule has 0 radical (unpaired) electrons. The summed E-state index contributed by atoms with van der Waals surface area (Å²) in [6.45, 7) is 0.713. The average Bonchev–Trinajstić information content (AvgIpc) is 2.66. The zero-order chi connectivity index (χ0) is 20.8. The molecule has 152 valence electrons. The van der Waals surface area contributed by atoms with Crippen LogP contribution in [0.1, 0.15) is 18.1 Å². The van der Waals surface area contributed by atoms with Gasteiger partial charge >= 0.3 is 5.97 Å². The Morgan fingerprint density at radius 1 is 1.14 bits per heavy atom. The van der Waals surface area contributed by atoms with Crippen LogP contribution in [0.4, 0.5) is 0 Å². The van der Waals surface area contributed by atoms with Crippen molar-refractivity contribution in [3.63, 3.8) is 0 Å². The van der Waals surface area contributed by atoms with Crippen LogP contribution in [0.5, 0.6) is 0 Å². The maximum Gasteiger partial charge on any atom is 0.326 e. The SMILES string of the molecule is CC(=O)N[C@@H](Cc1ccc(C#C[C@@H]2O[C@H](CO)[C@@H](O)[C@H](O)[C@@H]2O)cc1)C(=O)O. The first-order chi connectivity index (χ1) is 13.2. The molecular weight excluding hydrogens is 370 g/mol. The quantitative estimate of drug-likeness (QED) is 0.314. The molecular formula is C19H23NO8. The number of amides is 1. The molecule has 0 aromatic heterocycles. The summed E-state index contributed by atoms with van der Waals surface area (Å²) in [5.41, 5.74) is 1.23. The molecule has 1 amide bonds. The highest BCUT2D eigenvalue weighted by Crippen LogP contribution is 2.20. The third kappa shape index (κ3) is 5.51. The highest BCUT2D eigenvalue weighted by atomic mass is 16.5. The lowest BCUT2D eigenvalue weighted by Crippen LogP contribution is -2.58. The van der Waals surface area contributed by atoms with E-state index in [-0.39, 0.29) is 6.42 Å². The summed E-state index contributed by atoms with van der Waals surface area (Å²) in [5.74, 6) is 3.84. The molecule has 1 fully saturated rings. The first kappa shape index (κ1) is 21.8. The molecule has 1 aromatic carbocycles. The molecule has 1 aromatic rings. The molecule has 9 heteroatoms. The van der Waals surface area contributed by atoms with E-state index >= 15 is 0 Å². The number of carboxylic acids is 1. The van der Waals surface area contributed by atoms with Crippen molar-refractivity contribution in [1.82, 2.24) is 5.32 Å². The fraction of sp³-hybridized carbons (Fsp3) is 0.474. The van der Waals surface area contributed by atoms with E-state index in [0.717, 1.165) is 0 Å². The molecule has 1 heterocycles. The number of carbonyl (C=O) groups is 2. The normalized spacial score (nSPS) is 28.0. The van der Waals surface area contributed by atoms with Gasteiger partial charge in [0.05, 0.1) is 6.61 Å². The van der Waals surface area contributed by atoms with E-state index in [1.54, 1.807) is 24.3 Å². The van der Waals surface area contributed by atoms with Gasteiger partial charge in [-0.2, -0.15) is 0 Å². The highest BCUT2D eigenvalue weighted by Gasteiger charge is 2.42. The van der Waals surface area contributed by atoms with Crippen molar-refractivity contribution in [1.29, 1.82) is 0 Å². The monoisotopic (exact) mass is 393 g/mol. The van der Waals surface area contributed by atoms with Gasteiger partial charge in [-0.25, -0.2) is 4.79 Å². The van der Waals surface area contributed by atoms with Gasteiger partial charge in [0, 0.05) is 18.9 Å². The Hall–Kier alpha value is -2.48. The number of nitrogens with one attached hydrogen (secondary N) is 1. The number of ether oxygens (including phenoxy) is 1. The molecule has 6 atom stereocenters. The molecule has 1 aliphatic rings. The van der Waals surface area contributed by atoms with Crippen molar-refractivity contribution in [3.05, 3.63) is 35.4 Å². The first-order valence-electron chi connectivity index (χ1n) is 8.63. The maximum atomic E-state index is 11.2. The number of aliphatic carboxylic acids is 1. The van der Waals surface area contributed by atoms with Crippen LogP contribution in [0, 0.1) is 11.8 Å². The van der Waals surface area contributed by atoms with Gasteiger partial charge in [0.15, 0.2) is 0 Å². The Morgan fingerprint density at radius 2 is 1.79 bits per heavy atom. The van der Waals surface area contributed by atoms with Gasteiger partial charge in [0.2, 0.25) is 5.91 Å². The summed E-state index contributed by atoms with van der Waals surface area (Å²) >= 11 is 0. The molecule has 28 heavy (non-hydrogen) atoms. The lowest BCUT2D eigenvalue weighted by atomic mass is 9.95. The largest absolute Gasteiger partial charge is 0.480 e. The number of carboxylic acid groups (broad SMARTS) is 1. The Morgan fingerprint density at radius 3 is 2.32 bits per heavy atom. The van der Waals surface area contributed by atoms with E-state index in [1.807, 2.05) is 0 Å². The molecule has 1 saturated heterocycles. The maximum absolute atomic E-state index is 11.2. The summed E-state index contributed by atoms with van der Waals surface area (Å²) in [7, 11) is 0. The van der Waals surface area contributed by atoms with Crippen LogP contribution >= 0.6 is 0 Å². The van der Waals surface area contributed by atoms with Crippen molar-refractivity contribution < 1.29 is 39.9 Å². The Bertz CT molecular complexity index is 751. The molecule has 6 N–H and O–H groups in total. The number of aliphatic hydroxyl groups is 4. The van der Waals surface area contributed by atoms with Crippen molar-refractivity contribution in [2.24, 2.45) is 0 Å². The van der Waals surface area contributed by atoms with E-state index in [4.69, 9.17) is 9.84 Å². The minimum Gasteiger partial charge on any atom is -0.480 e. The van der Waals surface area contributed by atoms with E-state index in [2.05, 4.69) is 17.2 Å². The van der Waals surface area contributed by atoms with E-state index in [1.165, 1.54) is 6.92 Å². The van der Waals surface area contributed by atoms with Gasteiger partial charge in [-0.15, -0.1) is 0 Å². The molecule has 9 nitrogen and oxygen atoms in total. The zero-order valence-electron chi connectivity index (χ0n) is 15.1. The summed E-state index contributed by atoms with van der Waals surface area (Å²) in [4.78, 5) is 22.3. The van der Waals surface area contributed by atoms with Crippen LogP contribution in [0.3, 0.4) is 0 Å². The average molecular weight is 393 g/mol. The molecule has 0 saturated carbocycles. The minimum atomic E-state index is -1.49. The van der Waals surface area contributed by atoms with Crippen LogP contribution in [-0.2, 0) is 20.7 Å². The number of hydrogen-bond acceptors (Lipinski definition) is 7. The first-order valence-corrected chi connectivity index (χ1v) is 8.63. The van der Waals surface area contributed by atoms with Crippen LogP contribution in [-0.4, -0.2) is 80.6 Å². The summed E-state index contributed by atoms with van der Waals surface area (Å²) in [5, 5.41) is 50.1. The lowest BCUT2D eigenvalue weighted by Gasteiger charge is -2.37. The summed E-state index contributed by atoms with van der Waals surface area (Å²) in [6, 6.07) is 5.56. The second kappa shape index (κ2) is 9.64. The zero-order valence-corrected chi connectivity index (χ0v) is 15.1. The van der Waals surface area contributed by atoms with E-state index in [9.17, 15) is 30.0 Å². The number of hydrogen-bond donors (Lipinski definition) is 6. The topological polar surface area (TPSA) is 157 Å². The summed E-state index contributed by atoms with van der Waals surface area (Å²) in [6.07, 6.45) is -6.38. The van der Waals surface area contributed by atoms with Crippen molar-refractivity contribution in [3.8, 4) is 11.8 Å². The standard InChI is InChI=1S/C19H23NO8/c1-10(22)20-13(19(26)27)8-12-4-2-11(3-5-12)6-7-14-16(23)18(25)17(24)15(9-21)28-14/h2-5,13-18,21,23-25H,8-9H2,1H3,(H,20,22)(H,26,27)/t13-,14-,15+,16+,17+,18+/m0/s1. The van der Waals surface area contributed by atoms with Gasteiger partial charge in [0.1, 0.15) is 36.6 Å². The van der Waals surface area contributed by atoms with Crippen LogP contribution in [0.2, 0.25) is 0 Å². The van der Waals surface area contributed by atoms with Gasteiger partial charge < -0.3 is 35.6 Å². The Balaban J connectivity index is 2.06. The third-order valence-electron chi connectivity index (χ3n) is 4.32. The van der Waals surface area contributed by atoms with Gasteiger partial charge in [-0.3, -0.25) is 4.79 Å². The van der Waals surface area contributed by atoms with Crippen LogP contribution < -0.4 is 5.32 Å². The van der Waals surface area contributed by atoms with Crippen molar-refractivity contribution >= 4 is 11.9 Å². The minimum absolute atomic E-state index is 0.106. The van der Waals surface area contributed by atoms with Crippen LogP contribution in [0.15, 0.2) is 24.3 Å². The second-order valence-electron chi connectivity index (χ2n) is 6.51. The predicted octanol–water partition coefficient (Wildman–Crippen LogP) is -1.99. The fourth-order valence-electron chi connectivity index (χ4n) is 2.78. The van der Waals surface area contributed by atoms with E-state index in [0.29, 0.717) is 11.1 Å². The van der Waals surface area contributed by atoms with Crippen molar-refractivity contribution in [2.75, 3.05) is 6.61 Å². The number of rotatable bonds is 5. The molecule has 2 rings (SSSR count). The number of benzene rings is 1. The number of aliphatic hydroxyl groups excluding tert-OH is 4. The molecule has 0 unspecified atom stereocenters. The fourth-order valence-corrected chi connectivity index (χ4v) is 2.78. The number of carbonyl (C=O) groups excluding carboxylic acids is 1. The molecule has 0 spiro atoms. The smallest absolute Gasteiger partial charge is 0.326 e.